The van der Waals surface area contributed by atoms with E-state index in [4.69, 9.17) is 0 Å². The summed E-state index contributed by atoms with van der Waals surface area (Å²) in [6.45, 7) is 4.80. The molecule has 0 unspecified atom stereocenters. The normalized spacial score (nSPS) is 18.6. The fourth-order valence-corrected chi connectivity index (χ4v) is 3.63. The third kappa shape index (κ3) is 3.22. The van der Waals surface area contributed by atoms with Crippen molar-refractivity contribution in [2.45, 2.75) is 38.8 Å². The quantitative estimate of drug-likeness (QED) is 0.825. The van der Waals surface area contributed by atoms with Crippen LogP contribution in [0.4, 0.5) is 0 Å². The van der Waals surface area contributed by atoms with E-state index in [1.165, 1.54) is 18.4 Å². The summed E-state index contributed by atoms with van der Waals surface area (Å²) < 4.78 is 3.66. The van der Waals surface area contributed by atoms with Gasteiger partial charge in [-0.25, -0.2) is 4.68 Å². The highest BCUT2D eigenvalue weighted by atomic mass is 16.1. The van der Waals surface area contributed by atoms with Gasteiger partial charge in [0, 0.05) is 44.0 Å². The second-order valence-electron chi connectivity index (χ2n) is 6.74. The predicted molar refractivity (Wildman–Crippen MR) is 87.3 cm³/mol. The fourth-order valence-electron chi connectivity index (χ4n) is 3.63. The lowest BCUT2D eigenvalue weighted by Gasteiger charge is -2.39. The molecule has 0 N–H and O–H groups in total. The van der Waals surface area contributed by atoms with Crippen LogP contribution in [0.2, 0.25) is 0 Å². The van der Waals surface area contributed by atoms with Crippen molar-refractivity contribution >= 4 is 0 Å². The molecule has 122 valence electrons. The zero-order chi connectivity index (χ0) is 15.6. The third-order valence-electron chi connectivity index (χ3n) is 4.94. The topological polar surface area (TPSA) is 56.0 Å². The molecule has 4 rings (SSSR count). The molecule has 23 heavy (non-hydrogen) atoms. The van der Waals surface area contributed by atoms with Crippen LogP contribution < -0.4 is 5.56 Å². The Balaban J connectivity index is 1.31. The molecule has 2 aromatic rings. The lowest BCUT2D eigenvalue weighted by molar-refractivity contribution is 0.0792. The zero-order valence-electron chi connectivity index (χ0n) is 13.4. The molecule has 2 aliphatic rings. The molecule has 0 aromatic carbocycles. The predicted octanol–water partition coefficient (Wildman–Crippen LogP) is 0.951. The Kier molecular flexibility index (Phi) is 3.99. The van der Waals surface area contributed by atoms with Crippen LogP contribution in [0, 0.1) is 5.92 Å². The van der Waals surface area contributed by atoms with Crippen LogP contribution in [0.1, 0.15) is 24.1 Å². The van der Waals surface area contributed by atoms with E-state index in [-0.39, 0.29) is 5.56 Å². The summed E-state index contributed by atoms with van der Waals surface area (Å²) in [5.74, 6) is 0.541. The van der Waals surface area contributed by atoms with Crippen LogP contribution in [-0.2, 0) is 25.9 Å². The lowest BCUT2D eigenvalue weighted by Crippen LogP contribution is -2.50. The van der Waals surface area contributed by atoms with Gasteiger partial charge in [0.1, 0.15) is 0 Å². The van der Waals surface area contributed by atoms with Gasteiger partial charge in [0.25, 0.3) is 5.56 Å². The van der Waals surface area contributed by atoms with Gasteiger partial charge in [0.2, 0.25) is 0 Å². The van der Waals surface area contributed by atoms with Crippen LogP contribution in [0.15, 0.2) is 29.3 Å². The minimum absolute atomic E-state index is 0.0700. The van der Waals surface area contributed by atoms with Crippen LogP contribution in [-0.4, -0.2) is 44.1 Å². The molecule has 6 heteroatoms. The molecule has 0 radical (unpaired) electrons. The number of hydrogen-bond acceptors (Lipinski definition) is 4. The van der Waals surface area contributed by atoms with E-state index >= 15 is 0 Å². The van der Waals surface area contributed by atoms with E-state index in [0.717, 1.165) is 51.3 Å². The summed E-state index contributed by atoms with van der Waals surface area (Å²) in [5, 5.41) is 8.84. The highest BCUT2D eigenvalue weighted by Gasteiger charge is 2.27. The van der Waals surface area contributed by atoms with E-state index in [1.807, 2.05) is 29.2 Å². The molecule has 0 amide bonds. The molecule has 3 heterocycles. The Hall–Kier alpha value is -1.95. The molecule has 1 aliphatic carbocycles. The Morgan fingerprint density at radius 1 is 1.17 bits per heavy atom. The third-order valence-corrected chi connectivity index (χ3v) is 4.94. The van der Waals surface area contributed by atoms with Crippen molar-refractivity contribution in [2.24, 2.45) is 5.92 Å². The van der Waals surface area contributed by atoms with Gasteiger partial charge < -0.3 is 4.90 Å². The first-order chi connectivity index (χ1) is 11.3. The SMILES string of the molecule is O=c1cc2c(nn1CC1CN(CCn3cccn3)C1)CCCC2. The average molecular weight is 313 g/mol. The van der Waals surface area contributed by atoms with E-state index < -0.39 is 0 Å². The Bertz CT molecular complexity index is 715. The van der Waals surface area contributed by atoms with Crippen LogP contribution in [0.25, 0.3) is 0 Å². The first-order valence-corrected chi connectivity index (χ1v) is 8.57. The van der Waals surface area contributed by atoms with Crippen LogP contribution >= 0.6 is 0 Å². The largest absolute Gasteiger partial charge is 0.301 e. The van der Waals surface area contributed by atoms with Gasteiger partial charge in [-0.05, 0) is 37.3 Å². The van der Waals surface area contributed by atoms with Gasteiger partial charge in [0.05, 0.1) is 18.8 Å². The fraction of sp³-hybridized carbons (Fsp3) is 0.588. The van der Waals surface area contributed by atoms with Crippen LogP contribution in [0.5, 0.6) is 0 Å². The molecular formula is C17H23N5O. The minimum Gasteiger partial charge on any atom is -0.301 e. The molecule has 2 aromatic heterocycles. The second-order valence-corrected chi connectivity index (χ2v) is 6.74. The molecule has 1 fully saturated rings. The maximum atomic E-state index is 12.2. The summed E-state index contributed by atoms with van der Waals surface area (Å²) in [6, 6.07) is 3.77. The van der Waals surface area contributed by atoms with E-state index in [1.54, 1.807) is 4.68 Å². The average Bonchev–Trinajstić information content (AvgIpc) is 3.03. The van der Waals surface area contributed by atoms with E-state index in [2.05, 4.69) is 15.1 Å². The number of rotatable bonds is 5. The van der Waals surface area contributed by atoms with Crippen molar-refractivity contribution in [3.63, 3.8) is 0 Å². The summed E-state index contributed by atoms with van der Waals surface area (Å²) >= 11 is 0. The Morgan fingerprint density at radius 2 is 2.04 bits per heavy atom. The number of nitrogens with zero attached hydrogens (tertiary/aromatic N) is 5. The van der Waals surface area contributed by atoms with E-state index in [0.29, 0.717) is 5.92 Å². The zero-order valence-corrected chi connectivity index (χ0v) is 13.4. The molecule has 0 saturated carbocycles. The molecular weight excluding hydrogens is 290 g/mol. The van der Waals surface area contributed by atoms with Crippen molar-refractivity contribution in [1.29, 1.82) is 0 Å². The smallest absolute Gasteiger partial charge is 0.267 e. The first kappa shape index (κ1) is 14.6. The summed E-state index contributed by atoms with van der Waals surface area (Å²) in [4.78, 5) is 14.6. The minimum atomic E-state index is 0.0700. The van der Waals surface area contributed by atoms with Crippen molar-refractivity contribution in [2.75, 3.05) is 19.6 Å². The van der Waals surface area contributed by atoms with Crippen molar-refractivity contribution in [3.05, 3.63) is 46.1 Å². The van der Waals surface area contributed by atoms with Gasteiger partial charge in [-0.3, -0.25) is 9.48 Å². The van der Waals surface area contributed by atoms with Crippen molar-refractivity contribution in [3.8, 4) is 0 Å². The van der Waals surface area contributed by atoms with E-state index in [9.17, 15) is 4.79 Å². The maximum Gasteiger partial charge on any atom is 0.267 e. The number of hydrogen-bond donors (Lipinski definition) is 0. The van der Waals surface area contributed by atoms with Gasteiger partial charge in [-0.1, -0.05) is 0 Å². The standard InChI is InChI=1S/C17H23N5O/c23-17-10-15-4-1-2-5-16(15)19-22(17)13-14-11-20(12-14)8-9-21-7-3-6-18-21/h3,6-7,10,14H,1-2,4-5,8-9,11-13H2. The first-order valence-electron chi connectivity index (χ1n) is 8.57. The monoisotopic (exact) mass is 313 g/mol. The van der Waals surface area contributed by atoms with Gasteiger partial charge in [0.15, 0.2) is 0 Å². The molecule has 0 atom stereocenters. The summed E-state index contributed by atoms with van der Waals surface area (Å²) in [5.41, 5.74) is 2.39. The second kappa shape index (κ2) is 6.28. The number of fused-ring (bicyclic) bond motifs is 1. The Labute approximate surface area is 135 Å². The highest BCUT2D eigenvalue weighted by Crippen LogP contribution is 2.19. The maximum absolute atomic E-state index is 12.2. The van der Waals surface area contributed by atoms with Gasteiger partial charge in [-0.2, -0.15) is 10.2 Å². The molecule has 1 saturated heterocycles. The number of likely N-dealkylation sites (tertiary alicyclic amines) is 1. The Morgan fingerprint density at radius 3 is 2.87 bits per heavy atom. The van der Waals surface area contributed by atoms with Gasteiger partial charge in [-0.15, -0.1) is 0 Å². The molecule has 0 bridgehead atoms. The highest BCUT2D eigenvalue weighted by molar-refractivity contribution is 5.20. The van der Waals surface area contributed by atoms with Crippen molar-refractivity contribution < 1.29 is 0 Å². The lowest BCUT2D eigenvalue weighted by atomic mass is 9.96. The molecule has 1 aliphatic heterocycles. The van der Waals surface area contributed by atoms with Crippen molar-refractivity contribution in [1.82, 2.24) is 24.5 Å². The van der Waals surface area contributed by atoms with Crippen LogP contribution in [0.3, 0.4) is 0 Å². The summed E-state index contributed by atoms with van der Waals surface area (Å²) in [6.07, 6.45) is 8.23. The molecule has 0 spiro atoms. The summed E-state index contributed by atoms with van der Waals surface area (Å²) in [7, 11) is 0. The number of aromatic nitrogens is 4. The molecule has 6 nitrogen and oxygen atoms in total. The van der Waals surface area contributed by atoms with Gasteiger partial charge >= 0.3 is 0 Å². The number of aryl methyl sites for hydroxylation is 2.